The van der Waals surface area contributed by atoms with Crippen molar-refractivity contribution in [2.45, 2.75) is 31.2 Å². The Morgan fingerprint density at radius 2 is 2.00 bits per heavy atom. The molecular weight excluding hydrogens is 260 g/mol. The van der Waals surface area contributed by atoms with E-state index in [4.69, 9.17) is 5.41 Å². The number of hydrogen-bond acceptors (Lipinski definition) is 2. The molecule has 0 spiro atoms. The number of aromatic nitrogens is 3. The molecule has 4 rings (SSSR count). The van der Waals surface area contributed by atoms with Crippen molar-refractivity contribution in [3.05, 3.63) is 48.0 Å². The maximum atomic E-state index is 6.40. The van der Waals surface area contributed by atoms with Gasteiger partial charge in [-0.05, 0) is 49.9 Å². The van der Waals surface area contributed by atoms with Crippen LogP contribution in [0.15, 0.2) is 36.9 Å². The third-order valence-corrected chi connectivity index (χ3v) is 4.28. The Balaban J connectivity index is 1.56. The lowest BCUT2D eigenvalue weighted by Gasteiger charge is -2.12. The molecule has 1 aromatic carbocycles. The first-order valence-electron chi connectivity index (χ1n) is 7.38. The molecule has 0 saturated heterocycles. The van der Waals surface area contributed by atoms with Gasteiger partial charge in [-0.15, -0.1) is 0 Å². The highest BCUT2D eigenvalue weighted by atomic mass is 15.4. The van der Waals surface area contributed by atoms with Crippen LogP contribution in [0.3, 0.4) is 0 Å². The Morgan fingerprint density at radius 1 is 1.24 bits per heavy atom. The lowest BCUT2D eigenvalue weighted by Crippen LogP contribution is -2.50. The zero-order chi connectivity index (χ0) is 14.3. The van der Waals surface area contributed by atoms with E-state index in [9.17, 15) is 0 Å². The van der Waals surface area contributed by atoms with Crippen LogP contribution in [0.5, 0.6) is 0 Å². The van der Waals surface area contributed by atoms with Crippen LogP contribution in [0.4, 0.5) is 0 Å². The number of rotatable bonds is 3. The molecule has 0 amide bonds. The fourth-order valence-electron chi connectivity index (χ4n) is 2.58. The molecule has 104 valence electrons. The second kappa shape index (κ2) is 4.56. The van der Waals surface area contributed by atoms with Gasteiger partial charge < -0.3 is 0 Å². The van der Waals surface area contributed by atoms with Crippen LogP contribution >= 0.6 is 0 Å². The Kier molecular flexibility index (Phi) is 2.68. The molecule has 2 aliphatic rings. The van der Waals surface area contributed by atoms with Crippen LogP contribution in [0.1, 0.15) is 36.8 Å². The number of benzene rings is 1. The molecule has 2 N–H and O–H groups in total. The highest BCUT2D eigenvalue weighted by Crippen LogP contribution is 2.44. The number of nitrogens with zero attached hydrogens (tertiary/aromatic N) is 3. The van der Waals surface area contributed by atoms with Crippen molar-refractivity contribution in [2.75, 3.05) is 0 Å². The van der Waals surface area contributed by atoms with Crippen LogP contribution in [0, 0.1) is 17.8 Å². The highest BCUT2D eigenvalue weighted by molar-refractivity contribution is 6.03. The summed E-state index contributed by atoms with van der Waals surface area (Å²) in [6.07, 6.45) is 7.86. The SMILES string of the molecule is [NH2+]=C(c1ccc(C#CC2CC2)cc1)C1(n2cncn2)CC1. The zero-order valence-corrected chi connectivity index (χ0v) is 11.8. The van der Waals surface area contributed by atoms with Gasteiger partial charge in [0.1, 0.15) is 18.2 Å². The summed E-state index contributed by atoms with van der Waals surface area (Å²) in [7, 11) is 0. The largest absolute Gasteiger partial charge is 0.255 e. The van der Waals surface area contributed by atoms with Crippen molar-refractivity contribution in [2.24, 2.45) is 5.92 Å². The van der Waals surface area contributed by atoms with Gasteiger partial charge in [0.15, 0.2) is 0 Å². The Hall–Kier alpha value is -2.41. The molecule has 0 aliphatic heterocycles. The van der Waals surface area contributed by atoms with E-state index in [1.807, 2.05) is 4.68 Å². The average Bonchev–Trinajstić information content (AvgIpc) is 3.45. The molecule has 1 heterocycles. The van der Waals surface area contributed by atoms with Gasteiger partial charge in [0, 0.05) is 17.0 Å². The van der Waals surface area contributed by atoms with Gasteiger partial charge in [0.05, 0.1) is 0 Å². The molecule has 1 aromatic heterocycles. The fraction of sp³-hybridized carbons (Fsp3) is 0.353. The summed E-state index contributed by atoms with van der Waals surface area (Å²) < 4.78 is 1.88. The summed E-state index contributed by atoms with van der Waals surface area (Å²) in [5.41, 5.74) is 2.82. The lowest BCUT2D eigenvalue weighted by atomic mass is 10.0. The summed E-state index contributed by atoms with van der Waals surface area (Å²) in [6, 6.07) is 8.22. The van der Waals surface area contributed by atoms with Crippen molar-refractivity contribution in [3.63, 3.8) is 0 Å². The topological polar surface area (TPSA) is 56.3 Å². The second-order valence-electron chi connectivity index (χ2n) is 5.91. The minimum Gasteiger partial charge on any atom is -0.255 e. The number of hydrogen-bond donors (Lipinski definition) is 1. The first kappa shape index (κ1) is 12.3. The molecule has 2 aliphatic carbocycles. The summed E-state index contributed by atoms with van der Waals surface area (Å²) in [5, 5.41) is 10.7. The van der Waals surface area contributed by atoms with Gasteiger partial charge in [-0.2, -0.15) is 5.10 Å². The van der Waals surface area contributed by atoms with E-state index >= 15 is 0 Å². The van der Waals surface area contributed by atoms with E-state index < -0.39 is 0 Å². The lowest BCUT2D eigenvalue weighted by molar-refractivity contribution is -0.119. The molecule has 4 nitrogen and oxygen atoms in total. The Labute approximate surface area is 123 Å². The highest BCUT2D eigenvalue weighted by Gasteiger charge is 2.53. The van der Waals surface area contributed by atoms with Crippen LogP contribution in [-0.2, 0) is 5.54 Å². The summed E-state index contributed by atoms with van der Waals surface area (Å²) in [4.78, 5) is 4.03. The molecule has 4 heteroatoms. The quantitative estimate of drug-likeness (QED) is 0.666. The maximum Gasteiger partial charge on any atom is 0.208 e. The third kappa shape index (κ3) is 2.25. The van der Waals surface area contributed by atoms with Gasteiger partial charge in [-0.3, -0.25) is 5.41 Å². The van der Waals surface area contributed by atoms with Crippen molar-refractivity contribution in [3.8, 4) is 11.8 Å². The normalized spacial score (nSPS) is 18.7. The van der Waals surface area contributed by atoms with Crippen LogP contribution in [0.25, 0.3) is 0 Å². The standard InChI is InChI=1S/C17H16N4/c18-16(17(9-10-17)21-12-19-11-20-21)15-7-5-14(6-8-15)4-3-13-1-2-13/h5-8,11-13,18H,1-2,9-10H2/p+1. The van der Waals surface area contributed by atoms with Gasteiger partial charge in [0.25, 0.3) is 0 Å². The van der Waals surface area contributed by atoms with Crippen LogP contribution in [0.2, 0.25) is 0 Å². The van der Waals surface area contributed by atoms with E-state index in [0.717, 1.165) is 29.7 Å². The Bertz CT molecular complexity index is 723. The molecule has 0 atom stereocenters. The molecule has 21 heavy (non-hydrogen) atoms. The Morgan fingerprint density at radius 3 is 2.57 bits per heavy atom. The average molecular weight is 277 g/mol. The van der Waals surface area contributed by atoms with Gasteiger partial charge in [-0.25, -0.2) is 9.67 Å². The first-order valence-corrected chi connectivity index (χ1v) is 7.38. The zero-order valence-electron chi connectivity index (χ0n) is 11.8. The van der Waals surface area contributed by atoms with E-state index in [0.29, 0.717) is 5.92 Å². The van der Waals surface area contributed by atoms with E-state index in [2.05, 4.69) is 46.2 Å². The van der Waals surface area contributed by atoms with Crippen molar-refractivity contribution >= 4 is 5.71 Å². The third-order valence-electron chi connectivity index (χ3n) is 4.28. The van der Waals surface area contributed by atoms with Crippen molar-refractivity contribution in [1.82, 2.24) is 14.8 Å². The predicted molar refractivity (Wildman–Crippen MR) is 79.3 cm³/mol. The molecule has 0 radical (unpaired) electrons. The van der Waals surface area contributed by atoms with Crippen LogP contribution < -0.4 is 5.41 Å². The number of nitrogens with two attached hydrogens (primary N) is 1. The first-order chi connectivity index (χ1) is 10.3. The van der Waals surface area contributed by atoms with Crippen LogP contribution in [-0.4, -0.2) is 20.5 Å². The molecule has 0 unspecified atom stereocenters. The van der Waals surface area contributed by atoms with E-state index in [1.165, 1.54) is 12.8 Å². The van der Waals surface area contributed by atoms with E-state index in [1.54, 1.807) is 12.7 Å². The minimum atomic E-state index is -0.169. The fourth-order valence-corrected chi connectivity index (χ4v) is 2.58. The summed E-state index contributed by atoms with van der Waals surface area (Å²) in [5.74, 6) is 7.13. The molecule has 2 fully saturated rings. The monoisotopic (exact) mass is 277 g/mol. The molecule has 0 bridgehead atoms. The predicted octanol–water partition coefficient (Wildman–Crippen LogP) is 0.777. The summed E-state index contributed by atoms with van der Waals surface area (Å²) in [6.45, 7) is 0. The summed E-state index contributed by atoms with van der Waals surface area (Å²) >= 11 is 0. The van der Waals surface area contributed by atoms with Crippen molar-refractivity contribution in [1.29, 1.82) is 0 Å². The molecule has 2 aromatic rings. The maximum absolute atomic E-state index is 6.40. The van der Waals surface area contributed by atoms with E-state index in [-0.39, 0.29) is 5.54 Å². The second-order valence-corrected chi connectivity index (χ2v) is 5.91. The molecule has 2 saturated carbocycles. The van der Waals surface area contributed by atoms with Gasteiger partial charge in [0.2, 0.25) is 5.71 Å². The van der Waals surface area contributed by atoms with Gasteiger partial charge in [-0.1, -0.05) is 11.8 Å². The smallest absolute Gasteiger partial charge is 0.208 e. The minimum absolute atomic E-state index is 0.169. The van der Waals surface area contributed by atoms with Crippen molar-refractivity contribution < 1.29 is 5.41 Å². The molecular formula is C17H17N4+. The van der Waals surface area contributed by atoms with Gasteiger partial charge >= 0.3 is 0 Å².